The number of hydrogen-bond acceptors (Lipinski definition) is 1. The zero-order valence-corrected chi connectivity index (χ0v) is 13.5. The minimum Gasteiger partial charge on any atom is -0.367 e. The maximum atomic E-state index is 6.43. The fourth-order valence-corrected chi connectivity index (χ4v) is 2.81. The van der Waals surface area contributed by atoms with Gasteiger partial charge in [-0.25, -0.2) is 0 Å². The number of anilines is 1. The molecule has 1 aliphatic carbocycles. The molecule has 0 saturated heterocycles. The van der Waals surface area contributed by atoms with E-state index in [1.54, 1.807) is 0 Å². The lowest BCUT2D eigenvalue weighted by Gasteiger charge is -2.27. The molecule has 0 N–H and O–H groups in total. The SMILES string of the molecule is CC(C)CCN(c1ccc(CBr)cc1Cl)C1CC1. The summed E-state index contributed by atoms with van der Waals surface area (Å²) in [4.78, 5) is 2.50. The van der Waals surface area contributed by atoms with Crippen LogP contribution in [0.4, 0.5) is 5.69 Å². The smallest absolute Gasteiger partial charge is 0.0642 e. The van der Waals surface area contributed by atoms with Crippen LogP contribution in [0.15, 0.2) is 18.2 Å². The lowest BCUT2D eigenvalue weighted by molar-refractivity contribution is 0.571. The summed E-state index contributed by atoms with van der Waals surface area (Å²) >= 11 is 9.90. The molecule has 0 aromatic heterocycles. The molecule has 18 heavy (non-hydrogen) atoms. The van der Waals surface area contributed by atoms with Crippen LogP contribution in [0.2, 0.25) is 5.02 Å². The van der Waals surface area contributed by atoms with Crippen molar-refractivity contribution >= 4 is 33.2 Å². The van der Waals surface area contributed by atoms with Gasteiger partial charge < -0.3 is 4.90 Å². The lowest BCUT2D eigenvalue weighted by Crippen LogP contribution is -2.28. The maximum Gasteiger partial charge on any atom is 0.0642 e. The van der Waals surface area contributed by atoms with Gasteiger partial charge in [-0.2, -0.15) is 0 Å². The first kappa shape index (κ1) is 14.2. The molecule has 0 bridgehead atoms. The van der Waals surface area contributed by atoms with Crippen molar-refractivity contribution in [2.75, 3.05) is 11.4 Å². The summed E-state index contributed by atoms with van der Waals surface area (Å²) in [5, 5.41) is 1.75. The van der Waals surface area contributed by atoms with Crippen molar-refractivity contribution in [3.05, 3.63) is 28.8 Å². The van der Waals surface area contributed by atoms with Crippen LogP contribution in [0.25, 0.3) is 0 Å². The first-order valence-electron chi connectivity index (χ1n) is 6.73. The van der Waals surface area contributed by atoms with Gasteiger partial charge >= 0.3 is 0 Å². The van der Waals surface area contributed by atoms with Crippen LogP contribution in [0.3, 0.4) is 0 Å². The normalized spacial score (nSPS) is 15.2. The fraction of sp³-hybridized carbons (Fsp3) is 0.600. The molecule has 1 nitrogen and oxygen atoms in total. The molecule has 0 heterocycles. The molecule has 3 heteroatoms. The Morgan fingerprint density at radius 3 is 2.61 bits per heavy atom. The summed E-state index contributed by atoms with van der Waals surface area (Å²) in [6, 6.07) is 7.14. The Hall–Kier alpha value is -0.210. The van der Waals surface area contributed by atoms with Gasteiger partial charge in [0.1, 0.15) is 0 Å². The van der Waals surface area contributed by atoms with E-state index in [9.17, 15) is 0 Å². The highest BCUT2D eigenvalue weighted by molar-refractivity contribution is 9.08. The summed E-state index contributed by atoms with van der Waals surface area (Å²) in [5.74, 6) is 0.742. The summed E-state index contributed by atoms with van der Waals surface area (Å²) in [5.41, 5.74) is 2.45. The second-order valence-corrected chi connectivity index (χ2v) is 6.49. The summed E-state index contributed by atoms with van der Waals surface area (Å²) in [6.07, 6.45) is 3.86. The van der Waals surface area contributed by atoms with E-state index in [2.05, 4.69) is 52.9 Å². The predicted octanol–water partition coefficient (Wildman–Crippen LogP) is 5.25. The average molecular weight is 331 g/mol. The highest BCUT2D eigenvalue weighted by Crippen LogP contribution is 2.36. The molecule has 2 rings (SSSR count). The molecular weight excluding hydrogens is 310 g/mol. The van der Waals surface area contributed by atoms with E-state index in [4.69, 9.17) is 11.6 Å². The Balaban J connectivity index is 2.14. The molecule has 1 saturated carbocycles. The van der Waals surface area contributed by atoms with Crippen molar-refractivity contribution < 1.29 is 0 Å². The first-order valence-corrected chi connectivity index (χ1v) is 8.22. The van der Waals surface area contributed by atoms with Gasteiger partial charge in [-0.3, -0.25) is 0 Å². The first-order chi connectivity index (χ1) is 8.61. The zero-order valence-electron chi connectivity index (χ0n) is 11.1. The number of benzene rings is 1. The van der Waals surface area contributed by atoms with Crippen LogP contribution in [0.1, 0.15) is 38.7 Å². The largest absolute Gasteiger partial charge is 0.367 e. The van der Waals surface area contributed by atoms with Gasteiger partial charge in [0, 0.05) is 17.9 Å². The molecule has 1 fully saturated rings. The van der Waals surface area contributed by atoms with Gasteiger partial charge in [-0.05, 0) is 42.9 Å². The highest BCUT2D eigenvalue weighted by atomic mass is 79.9. The highest BCUT2D eigenvalue weighted by Gasteiger charge is 2.30. The monoisotopic (exact) mass is 329 g/mol. The molecule has 1 aliphatic rings. The Labute approximate surface area is 124 Å². The maximum absolute atomic E-state index is 6.43. The molecular formula is C15H21BrClN. The molecule has 0 radical (unpaired) electrons. The topological polar surface area (TPSA) is 3.24 Å². The third-order valence-corrected chi connectivity index (χ3v) is 4.36. The third-order valence-electron chi connectivity index (χ3n) is 3.41. The van der Waals surface area contributed by atoms with Crippen LogP contribution in [0.5, 0.6) is 0 Å². The molecule has 1 aromatic carbocycles. The Bertz CT molecular complexity index is 401. The Morgan fingerprint density at radius 1 is 1.39 bits per heavy atom. The zero-order chi connectivity index (χ0) is 13.1. The van der Waals surface area contributed by atoms with Crippen molar-refractivity contribution in [3.63, 3.8) is 0 Å². The number of nitrogens with zero attached hydrogens (tertiary/aromatic N) is 1. The van der Waals surface area contributed by atoms with Crippen molar-refractivity contribution in [2.45, 2.75) is 44.5 Å². The van der Waals surface area contributed by atoms with Crippen molar-refractivity contribution in [1.29, 1.82) is 0 Å². The average Bonchev–Trinajstić information content (AvgIpc) is 3.15. The summed E-state index contributed by atoms with van der Waals surface area (Å²) < 4.78 is 0. The number of alkyl halides is 1. The quantitative estimate of drug-likeness (QED) is 0.644. The molecule has 0 atom stereocenters. The van der Waals surface area contributed by atoms with E-state index in [-0.39, 0.29) is 0 Å². The number of halogens is 2. The Kier molecular flexibility index (Phi) is 4.97. The van der Waals surface area contributed by atoms with E-state index in [0.29, 0.717) is 0 Å². The van der Waals surface area contributed by atoms with E-state index >= 15 is 0 Å². The Morgan fingerprint density at radius 2 is 2.11 bits per heavy atom. The standard InChI is InChI=1S/C15H21BrClN/c1-11(2)7-8-18(13-4-5-13)15-6-3-12(10-16)9-14(15)17/h3,6,9,11,13H,4-5,7-8,10H2,1-2H3. The van der Waals surface area contributed by atoms with Crippen LogP contribution >= 0.6 is 27.5 Å². The molecule has 1 aromatic rings. The predicted molar refractivity (Wildman–Crippen MR) is 83.9 cm³/mol. The van der Waals surface area contributed by atoms with E-state index in [1.165, 1.54) is 30.5 Å². The van der Waals surface area contributed by atoms with Crippen molar-refractivity contribution in [3.8, 4) is 0 Å². The van der Waals surface area contributed by atoms with Gasteiger partial charge in [0.05, 0.1) is 10.7 Å². The summed E-state index contributed by atoms with van der Waals surface area (Å²) in [7, 11) is 0. The van der Waals surface area contributed by atoms with Crippen LogP contribution in [-0.4, -0.2) is 12.6 Å². The van der Waals surface area contributed by atoms with Gasteiger partial charge in [-0.15, -0.1) is 0 Å². The third kappa shape index (κ3) is 3.64. The van der Waals surface area contributed by atoms with Gasteiger partial charge in [0.2, 0.25) is 0 Å². The lowest BCUT2D eigenvalue weighted by atomic mass is 10.1. The second kappa shape index (κ2) is 6.29. The molecule has 100 valence electrons. The summed E-state index contributed by atoms with van der Waals surface area (Å²) in [6.45, 7) is 5.68. The van der Waals surface area contributed by atoms with E-state index in [1.807, 2.05) is 0 Å². The molecule has 0 amide bonds. The second-order valence-electron chi connectivity index (χ2n) is 5.53. The van der Waals surface area contributed by atoms with Gasteiger partial charge in [-0.1, -0.05) is 47.4 Å². The minimum atomic E-state index is 0.719. The molecule has 0 spiro atoms. The van der Waals surface area contributed by atoms with Gasteiger partial charge in [0.25, 0.3) is 0 Å². The number of hydrogen-bond donors (Lipinski definition) is 0. The van der Waals surface area contributed by atoms with Crippen LogP contribution in [-0.2, 0) is 5.33 Å². The van der Waals surface area contributed by atoms with Crippen molar-refractivity contribution in [1.82, 2.24) is 0 Å². The van der Waals surface area contributed by atoms with Crippen molar-refractivity contribution in [2.24, 2.45) is 5.92 Å². The number of rotatable bonds is 6. The van der Waals surface area contributed by atoms with Gasteiger partial charge in [0.15, 0.2) is 0 Å². The van der Waals surface area contributed by atoms with Crippen LogP contribution < -0.4 is 4.90 Å². The minimum absolute atomic E-state index is 0.719. The van der Waals surface area contributed by atoms with E-state index < -0.39 is 0 Å². The van der Waals surface area contributed by atoms with Crippen LogP contribution in [0, 0.1) is 5.92 Å². The molecule has 0 aliphatic heterocycles. The molecule has 0 unspecified atom stereocenters. The fourth-order valence-electron chi connectivity index (χ4n) is 2.15. The van der Waals surface area contributed by atoms with E-state index in [0.717, 1.165) is 28.9 Å².